The molecule has 0 radical (unpaired) electrons. The van der Waals surface area contributed by atoms with Crippen molar-refractivity contribution < 1.29 is 86.4 Å². The second-order valence-corrected chi connectivity index (χ2v) is 21.5. The molecule has 12 atom stereocenters. The smallest absolute Gasteiger partial charge is 0.462 e. The maximum absolute atomic E-state index is 13.7. The van der Waals surface area contributed by atoms with E-state index in [0.29, 0.717) is 25.2 Å². The zero-order valence-electron chi connectivity index (χ0n) is 40.1. The fourth-order valence-electron chi connectivity index (χ4n) is 8.07. The summed E-state index contributed by atoms with van der Waals surface area (Å²) in [6.45, 7) is 3.47. The van der Waals surface area contributed by atoms with Gasteiger partial charge in [0.15, 0.2) is 6.10 Å². The van der Waals surface area contributed by atoms with Crippen LogP contribution < -0.4 is 11.4 Å². The van der Waals surface area contributed by atoms with Crippen LogP contribution in [0.2, 0.25) is 0 Å². The summed E-state index contributed by atoms with van der Waals surface area (Å²) in [6, 6.07) is 1.18. The summed E-state index contributed by atoms with van der Waals surface area (Å²) in [4.78, 5) is 77.7. The number of aliphatic hydroxyl groups excluding tert-OH is 5. The summed E-state index contributed by atoms with van der Waals surface area (Å²) < 4.78 is 58.6. The number of Topliss-reactive ketones (excluding diaryl/α,β-unsaturated/α-hetero) is 1. The molecule has 3 heterocycles. The molecule has 2 fully saturated rings. The Morgan fingerprint density at radius 1 is 0.884 bits per heavy atom. The minimum absolute atomic E-state index is 0.0260. The first kappa shape index (κ1) is 60.4. The lowest BCUT2D eigenvalue weighted by Gasteiger charge is -2.40. The number of carbonyl (C=O) groups is 3. The number of ketones is 1. The van der Waals surface area contributed by atoms with Gasteiger partial charge in [-0.1, -0.05) is 97.1 Å². The maximum atomic E-state index is 13.7. The van der Waals surface area contributed by atoms with E-state index in [9.17, 15) is 63.6 Å². The van der Waals surface area contributed by atoms with Crippen LogP contribution in [0.3, 0.4) is 0 Å². The first-order chi connectivity index (χ1) is 32.6. The number of nitrogens with two attached hydrogens (primary N) is 1. The first-order valence-electron chi connectivity index (χ1n) is 24.2. The monoisotopic (exact) mass is 1030 g/mol. The van der Waals surface area contributed by atoms with Gasteiger partial charge in [-0.2, -0.15) is 9.29 Å². The zero-order valence-corrected chi connectivity index (χ0v) is 41.9. The number of unbranched alkanes of at least 4 members (excludes halogenated alkanes) is 8. The number of nitrogen functional groups attached to an aromatic ring is 1. The van der Waals surface area contributed by atoms with Gasteiger partial charge in [0.25, 0.3) is 0 Å². The Bertz CT molecular complexity index is 1900. The van der Waals surface area contributed by atoms with E-state index in [1.54, 1.807) is 0 Å². The van der Waals surface area contributed by atoms with Crippen LogP contribution in [0.15, 0.2) is 29.2 Å². The molecular formula is C45H77N3O19P2. The Kier molecular flexibility index (Phi) is 27.0. The molecule has 69 heavy (non-hydrogen) atoms. The molecule has 1 aromatic heterocycles. The molecule has 0 spiro atoms. The van der Waals surface area contributed by atoms with Crippen molar-refractivity contribution in [2.75, 3.05) is 25.6 Å². The number of cyclic esters (lactones) is 1. The molecule has 0 aliphatic carbocycles. The Balaban J connectivity index is 1.94. The van der Waals surface area contributed by atoms with E-state index in [4.69, 9.17) is 29.0 Å². The summed E-state index contributed by atoms with van der Waals surface area (Å²) >= 11 is 0. The average Bonchev–Trinajstić information content (AvgIpc) is 3.26. The fraction of sp³-hybridized carbons (Fsp3) is 0.800. The molecule has 3 rings (SSSR count). The van der Waals surface area contributed by atoms with Crippen molar-refractivity contribution in [1.29, 1.82) is 0 Å². The highest BCUT2D eigenvalue weighted by atomic mass is 31.3. The van der Waals surface area contributed by atoms with Crippen LogP contribution in [-0.2, 0) is 51.1 Å². The standard InChI is InChI=1S/C45H77N3O19P2/c1-4-5-11-17-31(49)21-22-34-36(51)26-37(52)35-25-32(50)18-14-15-19-40(53)62-27-33(65-41(54)20-13-10-8-6-7-9-12-16-30(2)3)28-63-68(58,59)67-69(60,61)64-29-38(43(56)42(34)55)66-44(35)48-24-23-39(46)47-45(48)57/h21-24,30-31,33-38,42-44,49,51-52,55-56H,4-20,25-29H2,1-3H3,(H,58,59)(H,60,61)(H2,46,47,57)/b22-21+/t31-,33+,34-,35-,36+,37-,38+,42-,43+,44+/m0/s1. The number of nitrogens with zero attached hydrogens (tertiary/aromatic N) is 2. The Labute approximate surface area is 404 Å². The van der Waals surface area contributed by atoms with E-state index in [1.165, 1.54) is 24.6 Å². The topological polar surface area (TPSA) is 343 Å². The molecule has 9 N–H and O–H groups in total. The van der Waals surface area contributed by atoms with Gasteiger partial charge in [-0.25, -0.2) is 13.9 Å². The summed E-state index contributed by atoms with van der Waals surface area (Å²) in [5.74, 6) is -4.53. The van der Waals surface area contributed by atoms with E-state index in [-0.39, 0.29) is 37.9 Å². The summed E-state index contributed by atoms with van der Waals surface area (Å²) in [7, 11) is -11.4. The van der Waals surface area contributed by atoms with Gasteiger partial charge in [-0.05, 0) is 37.7 Å². The number of aliphatic hydroxyl groups is 5. The molecule has 0 saturated carbocycles. The maximum Gasteiger partial charge on any atom is 0.481 e. The number of rotatable bonds is 18. The van der Waals surface area contributed by atoms with Crippen LogP contribution in [-0.4, -0.2) is 125 Å². The number of phosphoric ester groups is 2. The highest BCUT2D eigenvalue weighted by molar-refractivity contribution is 7.61. The van der Waals surface area contributed by atoms with Gasteiger partial charge in [0.2, 0.25) is 0 Å². The number of fused-ring (bicyclic) bond motifs is 3. The molecule has 24 heteroatoms. The van der Waals surface area contributed by atoms with Crippen LogP contribution in [0.4, 0.5) is 5.82 Å². The molecular weight excluding hydrogens is 948 g/mol. The summed E-state index contributed by atoms with van der Waals surface area (Å²) in [5.41, 5.74) is 4.66. The van der Waals surface area contributed by atoms with E-state index >= 15 is 0 Å². The third kappa shape index (κ3) is 23.0. The second kappa shape index (κ2) is 30.8. The Hall–Kier alpha value is -2.95. The molecule has 2 aliphatic heterocycles. The predicted molar refractivity (Wildman–Crippen MR) is 250 cm³/mol. The van der Waals surface area contributed by atoms with Gasteiger partial charge >= 0.3 is 33.3 Å². The SMILES string of the molecule is CCCCC[C@H](O)/C=C/[C@@H]1[C@H](O)[C@H](O)[C@H]2COP(=O)(O)OP(=O)(O)OC[C@H](OC(=O)CCCCCCCCCC(C)C)COC(=O)CCCCC(=O)C[C@H]([C@H](n3ccc(N)nc3=O)O2)[C@@H](O)C[C@H]1O. The Morgan fingerprint density at radius 2 is 1.52 bits per heavy atom. The van der Waals surface area contributed by atoms with Gasteiger partial charge in [0, 0.05) is 50.1 Å². The van der Waals surface area contributed by atoms with E-state index in [2.05, 4.69) is 23.1 Å². The van der Waals surface area contributed by atoms with Crippen molar-refractivity contribution in [2.24, 2.45) is 17.8 Å². The highest BCUT2D eigenvalue weighted by Crippen LogP contribution is 2.60. The second-order valence-electron chi connectivity index (χ2n) is 18.4. The van der Waals surface area contributed by atoms with Crippen molar-refractivity contribution in [1.82, 2.24) is 9.55 Å². The number of carbonyl (C=O) groups excluding carboxylic acids is 3. The third-order valence-corrected chi connectivity index (χ3v) is 14.6. The van der Waals surface area contributed by atoms with Crippen molar-refractivity contribution >= 4 is 39.2 Å². The lowest BCUT2D eigenvalue weighted by molar-refractivity contribution is -0.196. The zero-order chi connectivity index (χ0) is 51.1. The number of hydrogen-bond donors (Lipinski definition) is 8. The highest BCUT2D eigenvalue weighted by Gasteiger charge is 2.45. The molecule has 2 aliphatic rings. The number of hydrogen-bond acceptors (Lipinski definition) is 19. The fourth-order valence-corrected chi connectivity index (χ4v) is 10.2. The van der Waals surface area contributed by atoms with Gasteiger partial charge in [-0.3, -0.25) is 28.0 Å². The normalized spacial score (nSPS) is 31.5. The molecule has 1 aromatic rings. The van der Waals surface area contributed by atoms with Crippen molar-refractivity contribution in [3.05, 3.63) is 34.9 Å². The van der Waals surface area contributed by atoms with E-state index < -0.39 is 133 Å². The molecule has 2 saturated heterocycles. The molecule has 2 unspecified atom stereocenters. The van der Waals surface area contributed by atoms with E-state index in [1.807, 2.05) is 6.92 Å². The molecule has 0 amide bonds. The van der Waals surface area contributed by atoms with Crippen LogP contribution in [0.1, 0.15) is 149 Å². The van der Waals surface area contributed by atoms with Crippen LogP contribution in [0.5, 0.6) is 0 Å². The third-order valence-electron chi connectivity index (χ3n) is 12.0. The number of phosphoric acid groups is 2. The average molecular weight is 1030 g/mol. The number of aromatic nitrogens is 2. The van der Waals surface area contributed by atoms with Gasteiger partial charge < -0.3 is 55.3 Å². The lowest BCUT2D eigenvalue weighted by atomic mass is 9.82. The number of anilines is 1. The summed E-state index contributed by atoms with van der Waals surface area (Å²) in [6.07, 6.45) is -1.38. The Morgan fingerprint density at radius 3 is 2.19 bits per heavy atom. The van der Waals surface area contributed by atoms with Gasteiger partial charge in [0.1, 0.15) is 36.6 Å². The molecule has 0 aromatic carbocycles. The minimum atomic E-state index is -5.75. The quantitative estimate of drug-likeness (QED) is 0.0428. The van der Waals surface area contributed by atoms with Crippen molar-refractivity contribution in [3.63, 3.8) is 0 Å². The van der Waals surface area contributed by atoms with Crippen molar-refractivity contribution in [2.45, 2.75) is 192 Å². The predicted octanol–water partition coefficient (Wildman–Crippen LogP) is 4.69. The van der Waals surface area contributed by atoms with E-state index in [0.717, 1.165) is 62.1 Å². The molecule has 22 nitrogen and oxygen atoms in total. The van der Waals surface area contributed by atoms with Gasteiger partial charge in [0.05, 0.1) is 37.6 Å². The minimum Gasteiger partial charge on any atom is -0.462 e. The van der Waals surface area contributed by atoms with Crippen LogP contribution in [0.25, 0.3) is 0 Å². The largest absolute Gasteiger partial charge is 0.481 e. The molecule has 2 bridgehead atoms. The van der Waals surface area contributed by atoms with Crippen LogP contribution >= 0.6 is 15.6 Å². The summed E-state index contributed by atoms with van der Waals surface area (Å²) in [5, 5.41) is 57.3. The first-order valence-corrected chi connectivity index (χ1v) is 27.2. The number of esters is 2. The van der Waals surface area contributed by atoms with Crippen LogP contribution in [0, 0.1) is 17.8 Å². The lowest BCUT2D eigenvalue weighted by Crippen LogP contribution is -2.52. The molecule has 396 valence electrons. The van der Waals surface area contributed by atoms with Gasteiger partial charge in [-0.15, -0.1) is 0 Å². The van der Waals surface area contributed by atoms with Crippen molar-refractivity contribution in [3.8, 4) is 0 Å². The number of ether oxygens (including phenoxy) is 3.